The van der Waals surface area contributed by atoms with Crippen molar-refractivity contribution in [3.05, 3.63) is 0 Å². The lowest BCUT2D eigenvalue weighted by Crippen LogP contribution is -2.49. The molecule has 2 aliphatic heterocycles. The van der Waals surface area contributed by atoms with Crippen LogP contribution in [0.25, 0.3) is 0 Å². The molecule has 2 amide bonds. The highest BCUT2D eigenvalue weighted by molar-refractivity contribution is 7.99. The molecule has 2 atom stereocenters. The largest absolute Gasteiger partial charge is 0.340 e. The first-order valence-corrected chi connectivity index (χ1v) is 9.17. The molecular formula is C16H29N3O2S. The topological polar surface area (TPSA) is 66.6 Å². The first-order valence-electron chi connectivity index (χ1n) is 8.01. The Morgan fingerprint density at radius 2 is 2.05 bits per heavy atom. The molecule has 5 nitrogen and oxygen atoms in total. The summed E-state index contributed by atoms with van der Waals surface area (Å²) in [4.78, 5) is 29.0. The van der Waals surface area contributed by atoms with Gasteiger partial charge in [-0.3, -0.25) is 9.59 Å². The van der Waals surface area contributed by atoms with Crippen LogP contribution in [0.3, 0.4) is 0 Å². The molecule has 0 aromatic rings. The summed E-state index contributed by atoms with van der Waals surface area (Å²) >= 11 is 1.67. The molecule has 22 heavy (non-hydrogen) atoms. The van der Waals surface area contributed by atoms with Gasteiger partial charge < -0.3 is 15.5 Å². The van der Waals surface area contributed by atoms with Gasteiger partial charge in [-0.25, -0.2) is 0 Å². The highest BCUT2D eigenvalue weighted by Gasteiger charge is 2.42. The normalized spacial score (nSPS) is 29.2. The van der Waals surface area contributed by atoms with Gasteiger partial charge in [0.2, 0.25) is 11.8 Å². The molecular weight excluding hydrogens is 298 g/mol. The van der Waals surface area contributed by atoms with Gasteiger partial charge in [-0.15, -0.1) is 11.8 Å². The van der Waals surface area contributed by atoms with E-state index in [1.54, 1.807) is 16.7 Å². The summed E-state index contributed by atoms with van der Waals surface area (Å²) in [6.45, 7) is 10.4. The molecule has 2 aliphatic rings. The van der Waals surface area contributed by atoms with Gasteiger partial charge in [0.1, 0.15) is 6.04 Å². The summed E-state index contributed by atoms with van der Waals surface area (Å²) in [5.74, 6) is 1.54. The third-order valence-corrected chi connectivity index (χ3v) is 5.54. The van der Waals surface area contributed by atoms with Crippen LogP contribution < -0.4 is 5.73 Å². The van der Waals surface area contributed by atoms with Gasteiger partial charge in [0.05, 0.1) is 5.88 Å². The number of hydrogen-bond donors (Lipinski definition) is 1. The summed E-state index contributed by atoms with van der Waals surface area (Å²) in [5, 5.41) is 0. The van der Waals surface area contributed by atoms with E-state index in [0.29, 0.717) is 31.1 Å². The van der Waals surface area contributed by atoms with Crippen molar-refractivity contribution in [2.24, 2.45) is 16.6 Å². The predicted octanol–water partition coefficient (Wildman–Crippen LogP) is 1.52. The molecule has 0 spiro atoms. The number of hydrogen-bond acceptors (Lipinski definition) is 4. The molecule has 2 fully saturated rings. The SMILES string of the molecule is CC(C)(C)CC(=O)N1CSCC1C(=O)N1CCC(C)(CN)C1. The Bertz CT molecular complexity index is 449. The molecule has 2 unspecified atom stereocenters. The van der Waals surface area contributed by atoms with E-state index in [9.17, 15) is 9.59 Å². The summed E-state index contributed by atoms with van der Waals surface area (Å²) in [5.41, 5.74) is 5.80. The highest BCUT2D eigenvalue weighted by Crippen LogP contribution is 2.32. The smallest absolute Gasteiger partial charge is 0.246 e. The zero-order valence-corrected chi connectivity index (χ0v) is 15.0. The van der Waals surface area contributed by atoms with Gasteiger partial charge >= 0.3 is 0 Å². The maximum absolute atomic E-state index is 12.8. The summed E-state index contributed by atoms with van der Waals surface area (Å²) in [6, 6.07) is -0.292. The third-order valence-electron chi connectivity index (χ3n) is 4.53. The molecule has 0 saturated carbocycles. The first kappa shape index (κ1) is 17.6. The average Bonchev–Trinajstić information content (AvgIpc) is 3.03. The highest BCUT2D eigenvalue weighted by atomic mass is 32.2. The minimum absolute atomic E-state index is 0.0294. The molecule has 0 aliphatic carbocycles. The van der Waals surface area contributed by atoms with Gasteiger partial charge in [-0.1, -0.05) is 27.7 Å². The van der Waals surface area contributed by atoms with Crippen LogP contribution >= 0.6 is 11.8 Å². The molecule has 0 aromatic heterocycles. The molecule has 2 saturated heterocycles. The average molecular weight is 327 g/mol. The van der Waals surface area contributed by atoms with Crippen LogP contribution in [-0.2, 0) is 9.59 Å². The van der Waals surface area contributed by atoms with E-state index < -0.39 is 0 Å². The number of nitrogens with two attached hydrogens (primary N) is 1. The van der Waals surface area contributed by atoms with Crippen molar-refractivity contribution in [1.82, 2.24) is 9.80 Å². The standard InChI is InChI=1S/C16H29N3O2S/c1-15(2,3)7-13(20)19-11-22-8-12(19)14(21)18-6-5-16(4,9-17)10-18/h12H,5-11,17H2,1-4H3. The van der Waals surface area contributed by atoms with Crippen LogP contribution in [0.1, 0.15) is 40.5 Å². The van der Waals surface area contributed by atoms with Gasteiger partial charge in [-0.05, 0) is 23.8 Å². The number of nitrogens with zero attached hydrogens (tertiary/aromatic N) is 2. The van der Waals surface area contributed by atoms with Crippen LogP contribution in [0, 0.1) is 10.8 Å². The third kappa shape index (κ3) is 3.96. The number of rotatable bonds is 3. The Hall–Kier alpha value is -0.750. The Labute approximate surface area is 138 Å². The minimum Gasteiger partial charge on any atom is -0.340 e. The monoisotopic (exact) mass is 327 g/mol. The molecule has 0 radical (unpaired) electrons. The van der Waals surface area contributed by atoms with Crippen molar-refractivity contribution in [3.63, 3.8) is 0 Å². The number of likely N-dealkylation sites (tertiary alicyclic amines) is 1. The summed E-state index contributed by atoms with van der Waals surface area (Å²) in [6.07, 6.45) is 1.43. The predicted molar refractivity (Wildman–Crippen MR) is 90.4 cm³/mol. The Kier molecular flexibility index (Phi) is 5.12. The Morgan fingerprint density at radius 3 is 2.59 bits per heavy atom. The van der Waals surface area contributed by atoms with Gasteiger partial charge in [0, 0.05) is 25.3 Å². The first-order chi connectivity index (χ1) is 10.2. The van der Waals surface area contributed by atoms with Crippen molar-refractivity contribution in [3.8, 4) is 0 Å². The second-order valence-corrected chi connectivity index (χ2v) is 9.14. The van der Waals surface area contributed by atoms with Crippen molar-refractivity contribution in [1.29, 1.82) is 0 Å². The zero-order valence-electron chi connectivity index (χ0n) is 14.2. The minimum atomic E-state index is -0.292. The second kappa shape index (κ2) is 6.40. The van der Waals surface area contributed by atoms with E-state index in [1.165, 1.54) is 0 Å². The zero-order chi connectivity index (χ0) is 16.5. The van der Waals surface area contributed by atoms with E-state index in [0.717, 1.165) is 13.0 Å². The molecule has 0 bridgehead atoms. The van der Waals surface area contributed by atoms with E-state index in [-0.39, 0.29) is 28.7 Å². The molecule has 0 aromatic carbocycles. The number of thioether (sulfide) groups is 1. The summed E-state index contributed by atoms with van der Waals surface area (Å²) < 4.78 is 0. The number of amides is 2. The van der Waals surface area contributed by atoms with Crippen LogP contribution in [-0.4, -0.2) is 58.9 Å². The Morgan fingerprint density at radius 1 is 1.36 bits per heavy atom. The molecule has 126 valence electrons. The fourth-order valence-corrected chi connectivity index (χ4v) is 4.21. The van der Waals surface area contributed by atoms with E-state index in [1.807, 2.05) is 4.90 Å². The quantitative estimate of drug-likeness (QED) is 0.853. The number of carbonyl (C=O) groups is 2. The second-order valence-electron chi connectivity index (χ2n) is 8.14. The van der Waals surface area contributed by atoms with Crippen molar-refractivity contribution < 1.29 is 9.59 Å². The van der Waals surface area contributed by atoms with E-state index >= 15 is 0 Å². The summed E-state index contributed by atoms with van der Waals surface area (Å²) in [7, 11) is 0. The van der Waals surface area contributed by atoms with Gasteiger partial charge in [-0.2, -0.15) is 0 Å². The van der Waals surface area contributed by atoms with Crippen LogP contribution in [0.15, 0.2) is 0 Å². The van der Waals surface area contributed by atoms with Crippen molar-refractivity contribution >= 4 is 23.6 Å². The maximum Gasteiger partial charge on any atom is 0.246 e. The van der Waals surface area contributed by atoms with E-state index in [2.05, 4.69) is 27.7 Å². The number of carbonyl (C=O) groups excluding carboxylic acids is 2. The maximum atomic E-state index is 12.8. The van der Waals surface area contributed by atoms with Crippen LogP contribution in [0.4, 0.5) is 0 Å². The lowest BCUT2D eigenvalue weighted by molar-refractivity contribution is -0.143. The lowest BCUT2D eigenvalue weighted by atomic mass is 9.90. The van der Waals surface area contributed by atoms with Crippen LogP contribution in [0.2, 0.25) is 0 Å². The van der Waals surface area contributed by atoms with Crippen molar-refractivity contribution in [2.75, 3.05) is 31.3 Å². The molecule has 2 heterocycles. The molecule has 6 heteroatoms. The van der Waals surface area contributed by atoms with Crippen LogP contribution in [0.5, 0.6) is 0 Å². The fraction of sp³-hybridized carbons (Fsp3) is 0.875. The van der Waals surface area contributed by atoms with Crippen molar-refractivity contribution in [2.45, 2.75) is 46.6 Å². The molecule has 2 rings (SSSR count). The van der Waals surface area contributed by atoms with E-state index in [4.69, 9.17) is 5.73 Å². The fourth-order valence-electron chi connectivity index (χ4n) is 3.04. The van der Waals surface area contributed by atoms with Gasteiger partial charge in [0.15, 0.2) is 0 Å². The molecule has 2 N–H and O–H groups in total. The lowest BCUT2D eigenvalue weighted by Gasteiger charge is -2.30. The Balaban J connectivity index is 2.01. The van der Waals surface area contributed by atoms with Gasteiger partial charge in [0.25, 0.3) is 0 Å².